The van der Waals surface area contributed by atoms with Crippen LogP contribution in [0.1, 0.15) is 42.0 Å². The molecule has 2 heterocycles. The Morgan fingerprint density at radius 1 is 1.33 bits per heavy atom. The predicted octanol–water partition coefficient (Wildman–Crippen LogP) is 1.14. The van der Waals surface area contributed by atoms with E-state index in [1.54, 1.807) is 6.20 Å². The highest BCUT2D eigenvalue weighted by Crippen LogP contribution is 2.21. The second-order valence-corrected chi connectivity index (χ2v) is 4.39. The van der Waals surface area contributed by atoms with Gasteiger partial charge in [-0.15, -0.1) is 5.10 Å². The van der Waals surface area contributed by atoms with E-state index in [9.17, 15) is 0 Å². The van der Waals surface area contributed by atoms with Crippen LogP contribution in [0.25, 0.3) is 0 Å². The first-order valence-corrected chi connectivity index (χ1v) is 6.08. The molecule has 2 aromatic heterocycles. The molecule has 0 aliphatic heterocycles. The van der Waals surface area contributed by atoms with E-state index >= 15 is 0 Å². The highest BCUT2D eigenvalue weighted by atomic mass is 15.4. The predicted molar refractivity (Wildman–Crippen MR) is 67.8 cm³/mol. The molecule has 0 aliphatic rings. The molecule has 1 unspecified atom stereocenters. The molecule has 0 radical (unpaired) electrons. The van der Waals surface area contributed by atoms with Crippen molar-refractivity contribution >= 4 is 0 Å². The number of rotatable bonds is 4. The van der Waals surface area contributed by atoms with Crippen molar-refractivity contribution in [3.63, 3.8) is 0 Å². The lowest BCUT2D eigenvalue weighted by molar-refractivity contribution is 0.542. The zero-order chi connectivity index (χ0) is 13.1. The lowest BCUT2D eigenvalue weighted by atomic mass is 10.0. The van der Waals surface area contributed by atoms with Crippen molar-refractivity contribution in [2.45, 2.75) is 39.8 Å². The third-order valence-corrected chi connectivity index (χ3v) is 2.88. The molecule has 2 N–H and O–H groups in total. The van der Waals surface area contributed by atoms with Crippen molar-refractivity contribution in [1.82, 2.24) is 25.2 Å². The van der Waals surface area contributed by atoms with Crippen molar-refractivity contribution in [3.8, 4) is 0 Å². The molecule has 0 spiro atoms. The highest BCUT2D eigenvalue weighted by molar-refractivity contribution is 5.29. The van der Waals surface area contributed by atoms with Crippen LogP contribution in [-0.4, -0.2) is 25.2 Å². The SMILES string of the molecule is CCCn1nncc1C(N)c1cc(C)nnc1C. The second-order valence-electron chi connectivity index (χ2n) is 4.39. The molecule has 0 aromatic carbocycles. The largest absolute Gasteiger partial charge is 0.319 e. The van der Waals surface area contributed by atoms with Crippen LogP contribution in [0.4, 0.5) is 0 Å². The minimum Gasteiger partial charge on any atom is -0.319 e. The Morgan fingerprint density at radius 2 is 2.11 bits per heavy atom. The topological polar surface area (TPSA) is 82.5 Å². The molecule has 2 rings (SSSR count). The van der Waals surface area contributed by atoms with Crippen LogP contribution < -0.4 is 5.73 Å². The fraction of sp³-hybridized carbons (Fsp3) is 0.500. The summed E-state index contributed by atoms with van der Waals surface area (Å²) < 4.78 is 1.85. The summed E-state index contributed by atoms with van der Waals surface area (Å²) in [4.78, 5) is 0. The van der Waals surface area contributed by atoms with Crippen molar-refractivity contribution in [2.75, 3.05) is 0 Å². The average Bonchev–Trinajstić information content (AvgIpc) is 2.80. The summed E-state index contributed by atoms with van der Waals surface area (Å²) in [5.74, 6) is 0. The van der Waals surface area contributed by atoms with E-state index in [0.29, 0.717) is 0 Å². The van der Waals surface area contributed by atoms with E-state index in [-0.39, 0.29) is 6.04 Å². The normalized spacial score (nSPS) is 12.7. The van der Waals surface area contributed by atoms with Gasteiger partial charge in [-0.05, 0) is 31.9 Å². The zero-order valence-corrected chi connectivity index (χ0v) is 11.0. The first kappa shape index (κ1) is 12.6. The van der Waals surface area contributed by atoms with E-state index in [1.165, 1.54) is 0 Å². The molecule has 0 bridgehead atoms. The van der Waals surface area contributed by atoms with E-state index in [1.807, 2.05) is 24.6 Å². The lowest BCUT2D eigenvalue weighted by Gasteiger charge is -2.15. The smallest absolute Gasteiger partial charge is 0.0800 e. The van der Waals surface area contributed by atoms with E-state index < -0.39 is 0 Å². The Hall–Kier alpha value is -1.82. The summed E-state index contributed by atoms with van der Waals surface area (Å²) in [6.45, 7) is 6.74. The average molecular weight is 246 g/mol. The van der Waals surface area contributed by atoms with Crippen molar-refractivity contribution < 1.29 is 0 Å². The first-order valence-electron chi connectivity index (χ1n) is 6.08. The molecular formula is C12H18N6. The summed E-state index contributed by atoms with van der Waals surface area (Å²) in [5, 5.41) is 16.1. The summed E-state index contributed by atoms with van der Waals surface area (Å²) in [5.41, 5.74) is 9.88. The quantitative estimate of drug-likeness (QED) is 0.874. The summed E-state index contributed by atoms with van der Waals surface area (Å²) in [7, 11) is 0. The summed E-state index contributed by atoms with van der Waals surface area (Å²) >= 11 is 0. The van der Waals surface area contributed by atoms with Crippen molar-refractivity contribution in [3.05, 3.63) is 34.9 Å². The summed E-state index contributed by atoms with van der Waals surface area (Å²) in [6.07, 6.45) is 2.71. The Bertz CT molecular complexity index is 533. The number of nitrogens with zero attached hydrogens (tertiary/aromatic N) is 5. The van der Waals surface area contributed by atoms with Crippen molar-refractivity contribution in [1.29, 1.82) is 0 Å². The fourth-order valence-electron chi connectivity index (χ4n) is 1.94. The molecule has 1 atom stereocenters. The molecule has 96 valence electrons. The standard InChI is InChI=1S/C12H18N6/c1-4-5-18-11(7-14-17-18)12(13)10-6-8(2)15-16-9(10)3/h6-7,12H,4-5,13H2,1-3H3. The minimum absolute atomic E-state index is 0.263. The number of aromatic nitrogens is 5. The van der Waals surface area contributed by atoms with E-state index in [0.717, 1.165) is 35.6 Å². The fourth-order valence-corrected chi connectivity index (χ4v) is 1.94. The monoisotopic (exact) mass is 246 g/mol. The Labute approximate surface area is 106 Å². The van der Waals surface area contributed by atoms with Crippen LogP contribution in [0.3, 0.4) is 0 Å². The molecule has 0 amide bonds. The number of aryl methyl sites for hydroxylation is 3. The second kappa shape index (κ2) is 5.22. The van der Waals surface area contributed by atoms with Gasteiger partial charge in [0.05, 0.1) is 29.3 Å². The molecule has 0 fully saturated rings. The van der Waals surface area contributed by atoms with E-state index in [4.69, 9.17) is 5.73 Å². The number of hydrogen-bond donors (Lipinski definition) is 1. The minimum atomic E-state index is -0.263. The third-order valence-electron chi connectivity index (χ3n) is 2.88. The molecular weight excluding hydrogens is 228 g/mol. The third kappa shape index (κ3) is 2.38. The Kier molecular flexibility index (Phi) is 3.66. The molecule has 0 saturated heterocycles. The van der Waals surface area contributed by atoms with Gasteiger partial charge in [-0.1, -0.05) is 12.1 Å². The zero-order valence-electron chi connectivity index (χ0n) is 11.0. The van der Waals surface area contributed by atoms with Gasteiger partial charge in [0.1, 0.15) is 0 Å². The van der Waals surface area contributed by atoms with Gasteiger partial charge in [0.25, 0.3) is 0 Å². The maximum atomic E-state index is 6.29. The highest BCUT2D eigenvalue weighted by Gasteiger charge is 2.17. The van der Waals surface area contributed by atoms with Crippen LogP contribution in [0.5, 0.6) is 0 Å². The molecule has 0 aliphatic carbocycles. The van der Waals surface area contributed by atoms with Gasteiger partial charge in [-0.3, -0.25) is 0 Å². The first-order chi connectivity index (χ1) is 8.63. The van der Waals surface area contributed by atoms with Gasteiger partial charge in [-0.2, -0.15) is 10.2 Å². The van der Waals surface area contributed by atoms with Gasteiger partial charge in [0.2, 0.25) is 0 Å². The molecule has 0 saturated carbocycles. The maximum Gasteiger partial charge on any atom is 0.0800 e. The molecule has 2 aromatic rings. The molecule has 18 heavy (non-hydrogen) atoms. The van der Waals surface area contributed by atoms with Gasteiger partial charge in [0, 0.05) is 6.54 Å². The number of nitrogens with two attached hydrogens (primary N) is 1. The number of hydrogen-bond acceptors (Lipinski definition) is 5. The van der Waals surface area contributed by atoms with Crippen LogP contribution >= 0.6 is 0 Å². The Balaban J connectivity index is 2.38. The molecule has 6 heteroatoms. The van der Waals surface area contributed by atoms with Crippen LogP contribution in [-0.2, 0) is 6.54 Å². The van der Waals surface area contributed by atoms with E-state index in [2.05, 4.69) is 27.4 Å². The van der Waals surface area contributed by atoms with Gasteiger partial charge in [0.15, 0.2) is 0 Å². The Morgan fingerprint density at radius 3 is 2.83 bits per heavy atom. The van der Waals surface area contributed by atoms with Crippen LogP contribution in [0, 0.1) is 13.8 Å². The van der Waals surface area contributed by atoms with Crippen LogP contribution in [0.15, 0.2) is 12.3 Å². The van der Waals surface area contributed by atoms with Gasteiger partial charge in [-0.25, -0.2) is 4.68 Å². The van der Waals surface area contributed by atoms with Crippen molar-refractivity contribution in [2.24, 2.45) is 5.73 Å². The van der Waals surface area contributed by atoms with Gasteiger partial charge < -0.3 is 5.73 Å². The molecule has 6 nitrogen and oxygen atoms in total. The lowest BCUT2D eigenvalue weighted by Crippen LogP contribution is -2.19. The van der Waals surface area contributed by atoms with Gasteiger partial charge >= 0.3 is 0 Å². The maximum absolute atomic E-state index is 6.29. The summed E-state index contributed by atoms with van der Waals surface area (Å²) in [6, 6.07) is 1.71. The van der Waals surface area contributed by atoms with Crippen LogP contribution in [0.2, 0.25) is 0 Å².